The molecule has 0 unspecified atom stereocenters. The minimum atomic E-state index is -2.84. The molecule has 0 aromatic carbocycles. The minimum Gasteiger partial charge on any atom is -0.313 e. The van der Waals surface area contributed by atoms with Crippen LogP contribution >= 0.6 is 15.9 Å². The van der Waals surface area contributed by atoms with Crippen LogP contribution in [0, 0.1) is 0 Å². The summed E-state index contributed by atoms with van der Waals surface area (Å²) in [5.41, 5.74) is 1.08. The molecule has 1 N–H and O–H groups in total. The summed E-state index contributed by atoms with van der Waals surface area (Å²) in [6, 6.07) is 1.98. The van der Waals surface area contributed by atoms with E-state index in [1.807, 2.05) is 6.07 Å². The Labute approximate surface area is 105 Å². The second-order valence-electron chi connectivity index (χ2n) is 3.67. The smallest absolute Gasteiger partial charge is 0.147 e. The van der Waals surface area contributed by atoms with E-state index in [0.717, 1.165) is 10.0 Å². The van der Waals surface area contributed by atoms with Gasteiger partial charge in [0.15, 0.2) is 0 Å². The average Bonchev–Trinajstić information content (AvgIpc) is 2.15. The van der Waals surface area contributed by atoms with E-state index in [-0.39, 0.29) is 5.75 Å². The molecule has 1 heterocycles. The van der Waals surface area contributed by atoms with Crippen LogP contribution in [0.4, 0.5) is 0 Å². The SMILES string of the molecule is CS(=O)(=O)CCCNCc1cncc(Br)c1. The van der Waals surface area contributed by atoms with Gasteiger partial charge >= 0.3 is 0 Å². The highest BCUT2D eigenvalue weighted by Crippen LogP contribution is 2.08. The molecule has 0 saturated carbocycles. The Morgan fingerprint density at radius 3 is 2.81 bits per heavy atom. The third kappa shape index (κ3) is 6.19. The normalized spacial score (nSPS) is 11.6. The van der Waals surface area contributed by atoms with Crippen molar-refractivity contribution in [3.8, 4) is 0 Å². The number of aromatic nitrogens is 1. The topological polar surface area (TPSA) is 59.1 Å². The van der Waals surface area contributed by atoms with Crippen molar-refractivity contribution in [2.75, 3.05) is 18.6 Å². The lowest BCUT2D eigenvalue weighted by Gasteiger charge is -2.04. The van der Waals surface area contributed by atoms with Crippen LogP contribution in [0.1, 0.15) is 12.0 Å². The van der Waals surface area contributed by atoms with E-state index in [1.165, 1.54) is 6.26 Å². The quantitative estimate of drug-likeness (QED) is 0.807. The maximum Gasteiger partial charge on any atom is 0.147 e. The fourth-order valence-electron chi connectivity index (χ4n) is 1.24. The van der Waals surface area contributed by atoms with E-state index in [2.05, 4.69) is 26.2 Å². The van der Waals surface area contributed by atoms with Crippen LogP contribution < -0.4 is 5.32 Å². The Bertz CT molecular complexity index is 434. The lowest BCUT2D eigenvalue weighted by Crippen LogP contribution is -2.17. The number of sulfone groups is 1. The summed E-state index contributed by atoms with van der Waals surface area (Å²) < 4.78 is 22.7. The molecule has 0 aliphatic heterocycles. The predicted molar refractivity (Wildman–Crippen MR) is 68.0 cm³/mol. The Hall–Kier alpha value is -0.460. The number of nitrogens with zero attached hydrogens (tertiary/aromatic N) is 1. The molecule has 0 bridgehead atoms. The molecular weight excluding hydrogens is 292 g/mol. The molecular formula is C10H15BrN2O2S. The summed E-state index contributed by atoms with van der Waals surface area (Å²) in [7, 11) is -2.84. The van der Waals surface area contributed by atoms with Crippen molar-refractivity contribution in [1.29, 1.82) is 0 Å². The fraction of sp³-hybridized carbons (Fsp3) is 0.500. The zero-order valence-corrected chi connectivity index (χ0v) is 11.5. The van der Waals surface area contributed by atoms with Gasteiger partial charge in [-0.25, -0.2) is 8.42 Å². The largest absolute Gasteiger partial charge is 0.313 e. The molecule has 16 heavy (non-hydrogen) atoms. The minimum absolute atomic E-state index is 0.233. The van der Waals surface area contributed by atoms with Gasteiger partial charge in [0.2, 0.25) is 0 Å². The van der Waals surface area contributed by atoms with Crippen molar-refractivity contribution < 1.29 is 8.42 Å². The highest BCUT2D eigenvalue weighted by molar-refractivity contribution is 9.10. The molecule has 1 aromatic heterocycles. The number of halogens is 1. The molecule has 90 valence electrons. The third-order valence-corrected chi connectivity index (χ3v) is 3.42. The first-order valence-corrected chi connectivity index (χ1v) is 7.80. The second kappa shape index (κ2) is 6.32. The van der Waals surface area contributed by atoms with Crippen LogP contribution in [-0.4, -0.2) is 32.0 Å². The summed E-state index contributed by atoms with van der Waals surface area (Å²) in [6.07, 6.45) is 5.41. The molecule has 0 radical (unpaired) electrons. The molecule has 0 amide bonds. The van der Waals surface area contributed by atoms with Gasteiger partial charge in [-0.15, -0.1) is 0 Å². The molecule has 1 rings (SSSR count). The van der Waals surface area contributed by atoms with Crippen LogP contribution in [-0.2, 0) is 16.4 Å². The van der Waals surface area contributed by atoms with E-state index in [9.17, 15) is 8.42 Å². The number of hydrogen-bond donors (Lipinski definition) is 1. The van der Waals surface area contributed by atoms with Gasteiger partial charge in [-0.3, -0.25) is 4.98 Å². The monoisotopic (exact) mass is 306 g/mol. The van der Waals surface area contributed by atoms with Gasteiger partial charge in [0, 0.05) is 29.7 Å². The van der Waals surface area contributed by atoms with Gasteiger partial charge < -0.3 is 5.32 Å². The van der Waals surface area contributed by atoms with Gasteiger partial charge in [0.25, 0.3) is 0 Å². The van der Waals surface area contributed by atoms with E-state index >= 15 is 0 Å². The molecule has 0 atom stereocenters. The highest BCUT2D eigenvalue weighted by atomic mass is 79.9. The average molecular weight is 307 g/mol. The first-order chi connectivity index (χ1) is 7.47. The molecule has 4 nitrogen and oxygen atoms in total. The summed E-state index contributed by atoms with van der Waals surface area (Å²) in [5, 5.41) is 3.18. The maximum absolute atomic E-state index is 10.9. The standard InChI is InChI=1S/C10H15BrN2O2S/c1-16(14,15)4-2-3-12-6-9-5-10(11)8-13-7-9/h5,7-8,12H,2-4,6H2,1H3. The second-order valence-corrected chi connectivity index (χ2v) is 6.85. The summed E-state index contributed by atoms with van der Waals surface area (Å²) in [6.45, 7) is 1.40. The molecule has 1 aromatic rings. The predicted octanol–water partition coefficient (Wildman–Crippen LogP) is 1.37. The summed E-state index contributed by atoms with van der Waals surface area (Å²) >= 11 is 3.34. The number of nitrogens with one attached hydrogen (secondary N) is 1. The van der Waals surface area contributed by atoms with Crippen molar-refractivity contribution >= 4 is 25.8 Å². The van der Waals surface area contributed by atoms with E-state index in [1.54, 1.807) is 12.4 Å². The lowest BCUT2D eigenvalue weighted by atomic mass is 10.3. The van der Waals surface area contributed by atoms with Gasteiger partial charge in [0.1, 0.15) is 9.84 Å². The van der Waals surface area contributed by atoms with Gasteiger partial charge in [-0.1, -0.05) is 0 Å². The number of rotatable bonds is 6. The molecule has 0 saturated heterocycles. The Balaban J connectivity index is 2.21. The van der Waals surface area contributed by atoms with E-state index < -0.39 is 9.84 Å². The number of pyridine rings is 1. The van der Waals surface area contributed by atoms with Crippen LogP contribution in [0.15, 0.2) is 22.9 Å². The molecule has 0 spiro atoms. The zero-order valence-electron chi connectivity index (χ0n) is 9.11. The summed E-state index contributed by atoms with van der Waals surface area (Å²) in [4.78, 5) is 4.04. The van der Waals surface area contributed by atoms with Gasteiger partial charge in [0.05, 0.1) is 5.75 Å². The lowest BCUT2D eigenvalue weighted by molar-refractivity contribution is 0.594. The van der Waals surface area contributed by atoms with Crippen LogP contribution in [0.5, 0.6) is 0 Å². The molecule has 6 heteroatoms. The highest BCUT2D eigenvalue weighted by Gasteiger charge is 2.00. The fourth-order valence-corrected chi connectivity index (χ4v) is 2.33. The molecule has 0 fully saturated rings. The Kier molecular flexibility index (Phi) is 5.37. The van der Waals surface area contributed by atoms with E-state index in [0.29, 0.717) is 19.5 Å². The van der Waals surface area contributed by atoms with Gasteiger partial charge in [-0.05, 0) is 40.5 Å². The van der Waals surface area contributed by atoms with Crippen molar-refractivity contribution in [3.05, 3.63) is 28.5 Å². The molecule has 0 aliphatic carbocycles. The van der Waals surface area contributed by atoms with Crippen LogP contribution in [0.25, 0.3) is 0 Å². The van der Waals surface area contributed by atoms with Crippen LogP contribution in [0.2, 0.25) is 0 Å². The van der Waals surface area contributed by atoms with Crippen LogP contribution in [0.3, 0.4) is 0 Å². The Morgan fingerprint density at radius 2 is 2.19 bits per heavy atom. The zero-order chi connectivity index (χ0) is 12.0. The van der Waals surface area contributed by atoms with Crippen molar-refractivity contribution in [2.24, 2.45) is 0 Å². The molecule has 0 aliphatic rings. The number of hydrogen-bond acceptors (Lipinski definition) is 4. The first kappa shape index (κ1) is 13.6. The van der Waals surface area contributed by atoms with E-state index in [4.69, 9.17) is 0 Å². The van der Waals surface area contributed by atoms with Crippen molar-refractivity contribution in [1.82, 2.24) is 10.3 Å². The Morgan fingerprint density at radius 1 is 1.44 bits per heavy atom. The van der Waals surface area contributed by atoms with Crippen molar-refractivity contribution in [3.63, 3.8) is 0 Å². The van der Waals surface area contributed by atoms with Crippen molar-refractivity contribution in [2.45, 2.75) is 13.0 Å². The summed E-state index contributed by atoms with van der Waals surface area (Å²) in [5.74, 6) is 0.233. The maximum atomic E-state index is 10.9. The third-order valence-electron chi connectivity index (χ3n) is 1.96. The first-order valence-electron chi connectivity index (χ1n) is 4.95. The van der Waals surface area contributed by atoms with Gasteiger partial charge in [-0.2, -0.15) is 0 Å².